The summed E-state index contributed by atoms with van der Waals surface area (Å²) >= 11 is 3.22. The van der Waals surface area contributed by atoms with Gasteiger partial charge >= 0.3 is 0 Å². The molecule has 2 rings (SSSR count). The van der Waals surface area contributed by atoms with Gasteiger partial charge in [-0.1, -0.05) is 6.08 Å². The van der Waals surface area contributed by atoms with Crippen molar-refractivity contribution in [3.8, 4) is 5.75 Å². The number of phenols is 1. The minimum Gasteiger partial charge on any atom is -0.506 e. The van der Waals surface area contributed by atoms with Gasteiger partial charge in [0.1, 0.15) is 11.6 Å². The summed E-state index contributed by atoms with van der Waals surface area (Å²) in [7, 11) is 0. The highest BCUT2D eigenvalue weighted by Crippen LogP contribution is 2.37. The van der Waals surface area contributed by atoms with Crippen LogP contribution in [0.25, 0.3) is 0 Å². The van der Waals surface area contributed by atoms with Crippen LogP contribution in [-0.4, -0.2) is 36.2 Å². The number of halogens is 4. The molecule has 0 aliphatic carbocycles. The molecule has 1 aromatic carbocycles. The van der Waals surface area contributed by atoms with Gasteiger partial charge in [-0.3, -0.25) is 4.90 Å². The SMILES string of the molecule is C=CCC[C@@H](c1cc(F)cc(Br)c1O)N1CCNCC1.Cl.Cl. The Bertz CT molecular complexity index is 485. The summed E-state index contributed by atoms with van der Waals surface area (Å²) in [6.45, 7) is 7.39. The zero-order valence-electron chi connectivity index (χ0n) is 12.2. The van der Waals surface area contributed by atoms with Gasteiger partial charge in [-0.2, -0.15) is 0 Å². The molecule has 1 fully saturated rings. The monoisotopic (exact) mass is 414 g/mol. The zero-order valence-corrected chi connectivity index (χ0v) is 15.4. The molecule has 1 saturated heterocycles. The normalized spacial score (nSPS) is 16.3. The summed E-state index contributed by atoms with van der Waals surface area (Å²) in [5.74, 6) is -0.192. The summed E-state index contributed by atoms with van der Waals surface area (Å²) in [4.78, 5) is 2.29. The molecular weight excluding hydrogens is 394 g/mol. The number of piperazine rings is 1. The molecule has 1 aliphatic rings. The molecular formula is C15H22BrCl2FN2O. The predicted octanol–water partition coefficient (Wildman–Crippen LogP) is 4.05. The molecule has 0 saturated carbocycles. The predicted molar refractivity (Wildman–Crippen MR) is 96.9 cm³/mol. The molecule has 2 N–H and O–H groups in total. The second-order valence-electron chi connectivity index (χ2n) is 4.99. The maximum Gasteiger partial charge on any atom is 0.134 e. The quantitative estimate of drug-likeness (QED) is 0.712. The summed E-state index contributed by atoms with van der Waals surface area (Å²) in [6, 6.07) is 2.75. The lowest BCUT2D eigenvalue weighted by atomic mass is 9.98. The Labute approximate surface area is 151 Å². The van der Waals surface area contributed by atoms with Crippen molar-refractivity contribution in [2.75, 3.05) is 26.2 Å². The van der Waals surface area contributed by atoms with Crippen LogP contribution in [0.15, 0.2) is 29.3 Å². The molecule has 0 spiro atoms. The van der Waals surface area contributed by atoms with Crippen LogP contribution < -0.4 is 5.32 Å². The average Bonchev–Trinajstić information content (AvgIpc) is 2.45. The van der Waals surface area contributed by atoms with E-state index >= 15 is 0 Å². The van der Waals surface area contributed by atoms with Gasteiger partial charge in [0.25, 0.3) is 0 Å². The minimum absolute atomic E-state index is 0. The van der Waals surface area contributed by atoms with E-state index in [9.17, 15) is 9.50 Å². The molecule has 3 nitrogen and oxygen atoms in total. The molecule has 1 aliphatic heterocycles. The van der Waals surface area contributed by atoms with Crippen molar-refractivity contribution in [2.24, 2.45) is 0 Å². The molecule has 1 aromatic rings. The number of hydrogen-bond acceptors (Lipinski definition) is 3. The van der Waals surface area contributed by atoms with Crippen LogP contribution in [0.2, 0.25) is 0 Å². The molecule has 1 heterocycles. The topological polar surface area (TPSA) is 35.5 Å². The fraction of sp³-hybridized carbons (Fsp3) is 0.467. The van der Waals surface area contributed by atoms with Crippen LogP contribution >= 0.6 is 40.7 Å². The zero-order chi connectivity index (χ0) is 14.5. The third-order valence-corrected chi connectivity index (χ3v) is 4.26. The van der Waals surface area contributed by atoms with Crippen LogP contribution in [0.4, 0.5) is 4.39 Å². The van der Waals surface area contributed by atoms with Gasteiger partial charge in [-0.25, -0.2) is 4.39 Å². The number of aromatic hydroxyl groups is 1. The molecule has 0 aromatic heterocycles. The van der Waals surface area contributed by atoms with Crippen molar-refractivity contribution in [3.63, 3.8) is 0 Å². The third-order valence-electron chi connectivity index (χ3n) is 3.65. The van der Waals surface area contributed by atoms with E-state index in [1.165, 1.54) is 12.1 Å². The Hall–Kier alpha value is -0.330. The Morgan fingerprint density at radius 1 is 1.36 bits per heavy atom. The molecule has 22 heavy (non-hydrogen) atoms. The van der Waals surface area contributed by atoms with Gasteiger partial charge in [0.05, 0.1) is 4.47 Å². The molecule has 126 valence electrons. The van der Waals surface area contributed by atoms with E-state index in [4.69, 9.17) is 0 Å². The number of rotatable bonds is 5. The van der Waals surface area contributed by atoms with Crippen molar-refractivity contribution in [1.82, 2.24) is 10.2 Å². The van der Waals surface area contributed by atoms with Gasteiger partial charge in [-0.05, 0) is 40.9 Å². The van der Waals surface area contributed by atoms with E-state index in [1.807, 2.05) is 6.08 Å². The van der Waals surface area contributed by atoms with Crippen LogP contribution in [-0.2, 0) is 0 Å². The van der Waals surface area contributed by atoms with E-state index in [-0.39, 0.29) is 42.4 Å². The molecule has 0 bridgehead atoms. The van der Waals surface area contributed by atoms with Crippen LogP contribution in [0, 0.1) is 5.82 Å². The first-order valence-electron chi connectivity index (χ1n) is 6.87. The van der Waals surface area contributed by atoms with Gasteiger partial charge in [0, 0.05) is 37.8 Å². The summed E-state index contributed by atoms with van der Waals surface area (Å²) in [6.07, 6.45) is 3.52. The van der Waals surface area contributed by atoms with Gasteiger partial charge < -0.3 is 10.4 Å². The average molecular weight is 416 g/mol. The van der Waals surface area contributed by atoms with E-state index in [0.717, 1.165) is 39.0 Å². The first kappa shape index (κ1) is 21.7. The highest BCUT2D eigenvalue weighted by atomic mass is 79.9. The first-order valence-corrected chi connectivity index (χ1v) is 7.66. The highest BCUT2D eigenvalue weighted by molar-refractivity contribution is 9.10. The Morgan fingerprint density at radius 2 is 2.00 bits per heavy atom. The number of nitrogens with zero attached hydrogens (tertiary/aromatic N) is 1. The molecule has 0 radical (unpaired) electrons. The maximum atomic E-state index is 13.7. The molecule has 1 atom stereocenters. The number of benzene rings is 1. The van der Waals surface area contributed by atoms with Crippen molar-refractivity contribution < 1.29 is 9.50 Å². The van der Waals surface area contributed by atoms with Crippen LogP contribution in [0.5, 0.6) is 5.75 Å². The Kier molecular flexibility index (Phi) is 10.3. The second kappa shape index (κ2) is 10.4. The lowest BCUT2D eigenvalue weighted by Crippen LogP contribution is -2.45. The minimum atomic E-state index is -0.330. The summed E-state index contributed by atoms with van der Waals surface area (Å²) in [5.41, 5.74) is 0.653. The van der Waals surface area contributed by atoms with Gasteiger partial charge in [0.15, 0.2) is 0 Å². The first-order chi connectivity index (χ1) is 9.63. The second-order valence-corrected chi connectivity index (χ2v) is 5.85. The van der Waals surface area contributed by atoms with Gasteiger partial charge in [-0.15, -0.1) is 31.4 Å². The van der Waals surface area contributed by atoms with Crippen molar-refractivity contribution >= 4 is 40.7 Å². The lowest BCUT2D eigenvalue weighted by molar-refractivity contribution is 0.163. The Balaban J connectivity index is 0.00000220. The maximum absolute atomic E-state index is 13.7. The number of nitrogens with one attached hydrogen (secondary N) is 1. The number of phenolic OH excluding ortho intramolecular Hbond substituents is 1. The summed E-state index contributed by atoms with van der Waals surface area (Å²) in [5, 5.41) is 13.5. The van der Waals surface area contributed by atoms with Crippen molar-refractivity contribution in [1.29, 1.82) is 0 Å². The van der Waals surface area contributed by atoms with E-state index < -0.39 is 0 Å². The smallest absolute Gasteiger partial charge is 0.134 e. The largest absolute Gasteiger partial charge is 0.506 e. The highest BCUT2D eigenvalue weighted by Gasteiger charge is 2.25. The van der Waals surface area contributed by atoms with E-state index in [2.05, 4.69) is 32.7 Å². The molecule has 7 heteroatoms. The molecule has 0 amide bonds. The number of allylic oxidation sites excluding steroid dienone is 1. The molecule has 0 unspecified atom stereocenters. The fourth-order valence-electron chi connectivity index (χ4n) is 2.64. The van der Waals surface area contributed by atoms with Gasteiger partial charge in [0.2, 0.25) is 0 Å². The fourth-order valence-corrected chi connectivity index (χ4v) is 3.09. The van der Waals surface area contributed by atoms with Crippen LogP contribution in [0.3, 0.4) is 0 Å². The lowest BCUT2D eigenvalue weighted by Gasteiger charge is -2.35. The van der Waals surface area contributed by atoms with Crippen molar-refractivity contribution in [2.45, 2.75) is 18.9 Å². The third kappa shape index (κ3) is 5.39. The standard InChI is InChI=1S/C15H20BrFN2O.2ClH/c1-2-3-4-14(19-7-5-18-6-8-19)12-9-11(17)10-13(16)15(12)20;;/h2,9-10,14,18,20H,1,3-8H2;2*1H/t14-;;/m0../s1. The van der Waals surface area contributed by atoms with Crippen molar-refractivity contribution in [3.05, 3.63) is 40.6 Å². The van der Waals surface area contributed by atoms with E-state index in [0.29, 0.717) is 10.0 Å². The summed E-state index contributed by atoms with van der Waals surface area (Å²) < 4.78 is 14.1. The Morgan fingerprint density at radius 3 is 2.59 bits per heavy atom. The van der Waals surface area contributed by atoms with E-state index in [1.54, 1.807) is 0 Å². The van der Waals surface area contributed by atoms with Crippen LogP contribution in [0.1, 0.15) is 24.4 Å². The number of hydrogen-bond donors (Lipinski definition) is 2.